The van der Waals surface area contributed by atoms with E-state index in [0.29, 0.717) is 19.6 Å². The molecule has 4 nitrogen and oxygen atoms in total. The van der Waals surface area contributed by atoms with Crippen LogP contribution in [0, 0.1) is 6.92 Å². The average molecular weight is 409 g/mol. The molecule has 5 heteroatoms. The Hall–Kier alpha value is -2.24. The summed E-state index contributed by atoms with van der Waals surface area (Å²) in [6.07, 6.45) is 2.31. The molecule has 0 saturated carbocycles. The molecule has 1 amide bonds. The van der Waals surface area contributed by atoms with E-state index in [1.54, 1.807) is 0 Å². The molecule has 1 aliphatic rings. The van der Waals surface area contributed by atoms with Crippen LogP contribution in [-0.4, -0.2) is 40.7 Å². The summed E-state index contributed by atoms with van der Waals surface area (Å²) < 4.78 is 7.87. The van der Waals surface area contributed by atoms with Crippen LogP contribution in [0.3, 0.4) is 0 Å². The largest absolute Gasteiger partial charge is 0.372 e. The van der Waals surface area contributed by atoms with Crippen molar-refractivity contribution < 1.29 is 9.53 Å². The first-order valence-electron chi connectivity index (χ1n) is 10.2. The number of fused-ring (bicyclic) bond motifs is 1. The number of aromatic nitrogens is 1. The van der Waals surface area contributed by atoms with Crippen LogP contribution in [0.25, 0.3) is 10.9 Å². The normalized spacial score (nSPS) is 19.6. The minimum atomic E-state index is 0.0875. The Bertz CT molecular complexity index is 1000. The summed E-state index contributed by atoms with van der Waals surface area (Å²) in [5.41, 5.74) is 3.71. The molecule has 2 aromatic carbocycles. The van der Waals surface area contributed by atoms with Crippen LogP contribution in [0.1, 0.15) is 25.0 Å². The molecule has 0 radical (unpaired) electrons. The standard InChI is InChI=1S/C24H28N2O2S/c1-17-7-6-8-20(11-17)16-29-23-14-25(22-10-5-4-9-21(22)23)15-24(27)26-12-18(2)28-19(3)13-26/h4-11,14,18-19H,12-13,15-16H2,1-3H3. The fraction of sp³-hybridized carbons (Fsp3) is 0.375. The Kier molecular flexibility index (Phi) is 5.97. The van der Waals surface area contributed by atoms with E-state index in [2.05, 4.69) is 60.2 Å². The topological polar surface area (TPSA) is 34.5 Å². The highest BCUT2D eigenvalue weighted by Gasteiger charge is 2.26. The zero-order valence-electron chi connectivity index (χ0n) is 17.3. The maximum atomic E-state index is 13.0. The van der Waals surface area contributed by atoms with Gasteiger partial charge in [-0.3, -0.25) is 4.79 Å². The fourth-order valence-electron chi connectivity index (χ4n) is 4.05. The second-order valence-electron chi connectivity index (χ2n) is 7.97. The first-order valence-corrected chi connectivity index (χ1v) is 11.2. The maximum Gasteiger partial charge on any atom is 0.242 e. The van der Waals surface area contributed by atoms with Gasteiger partial charge in [-0.25, -0.2) is 0 Å². The Balaban J connectivity index is 1.53. The van der Waals surface area contributed by atoms with Crippen LogP contribution >= 0.6 is 11.8 Å². The summed E-state index contributed by atoms with van der Waals surface area (Å²) in [6.45, 7) is 7.88. The van der Waals surface area contributed by atoms with Crippen molar-refractivity contribution in [3.8, 4) is 0 Å². The molecule has 0 bridgehead atoms. The first-order chi connectivity index (χ1) is 14.0. The molecule has 1 aliphatic heterocycles. The van der Waals surface area contributed by atoms with Crippen molar-refractivity contribution in [3.63, 3.8) is 0 Å². The number of rotatable bonds is 5. The van der Waals surface area contributed by atoms with Crippen LogP contribution in [0.15, 0.2) is 59.6 Å². The summed E-state index contributed by atoms with van der Waals surface area (Å²) in [7, 11) is 0. The van der Waals surface area contributed by atoms with Gasteiger partial charge in [0.05, 0.1) is 12.2 Å². The average Bonchev–Trinajstić information content (AvgIpc) is 3.03. The van der Waals surface area contributed by atoms with E-state index in [9.17, 15) is 4.79 Å². The highest BCUT2D eigenvalue weighted by molar-refractivity contribution is 7.98. The van der Waals surface area contributed by atoms with Crippen molar-refractivity contribution in [2.75, 3.05) is 13.1 Å². The second-order valence-corrected chi connectivity index (χ2v) is 8.99. The quantitative estimate of drug-likeness (QED) is 0.565. The van der Waals surface area contributed by atoms with E-state index in [4.69, 9.17) is 4.74 Å². The van der Waals surface area contributed by atoms with E-state index in [1.807, 2.05) is 36.6 Å². The van der Waals surface area contributed by atoms with Gasteiger partial charge in [0.1, 0.15) is 6.54 Å². The Morgan fingerprint density at radius 3 is 2.62 bits per heavy atom. The minimum Gasteiger partial charge on any atom is -0.372 e. The number of hydrogen-bond acceptors (Lipinski definition) is 3. The molecule has 29 heavy (non-hydrogen) atoms. The third-order valence-electron chi connectivity index (χ3n) is 5.31. The van der Waals surface area contributed by atoms with Crippen LogP contribution in [-0.2, 0) is 21.8 Å². The molecule has 1 saturated heterocycles. The van der Waals surface area contributed by atoms with Gasteiger partial charge in [0.25, 0.3) is 0 Å². The van der Waals surface area contributed by atoms with Crippen molar-refractivity contribution >= 4 is 28.6 Å². The molecule has 2 unspecified atom stereocenters. The van der Waals surface area contributed by atoms with Crippen LogP contribution < -0.4 is 0 Å². The van der Waals surface area contributed by atoms with E-state index >= 15 is 0 Å². The number of amides is 1. The van der Waals surface area contributed by atoms with Crippen LogP contribution in [0.5, 0.6) is 0 Å². The van der Waals surface area contributed by atoms with Crippen molar-refractivity contribution in [2.45, 2.75) is 50.2 Å². The van der Waals surface area contributed by atoms with Crippen LogP contribution in [0.2, 0.25) is 0 Å². The zero-order valence-corrected chi connectivity index (χ0v) is 18.1. The van der Waals surface area contributed by atoms with Crippen molar-refractivity contribution in [3.05, 3.63) is 65.9 Å². The number of ether oxygens (including phenoxy) is 1. The molecule has 3 aromatic rings. The SMILES string of the molecule is Cc1cccc(CSc2cn(CC(=O)N3CC(C)OC(C)C3)c3ccccc23)c1. The third-order valence-corrected chi connectivity index (χ3v) is 6.42. The van der Waals surface area contributed by atoms with Gasteiger partial charge in [0.2, 0.25) is 5.91 Å². The lowest BCUT2D eigenvalue weighted by molar-refractivity contribution is -0.143. The predicted molar refractivity (Wildman–Crippen MR) is 119 cm³/mol. The molecule has 0 N–H and O–H groups in total. The minimum absolute atomic E-state index is 0.0875. The highest BCUT2D eigenvalue weighted by atomic mass is 32.2. The lowest BCUT2D eigenvalue weighted by atomic mass is 10.2. The first kappa shape index (κ1) is 20.0. The molecule has 2 heterocycles. The van der Waals surface area contributed by atoms with Gasteiger partial charge in [-0.2, -0.15) is 0 Å². The van der Waals surface area contributed by atoms with Gasteiger partial charge in [0, 0.05) is 40.8 Å². The van der Waals surface area contributed by atoms with Crippen molar-refractivity contribution in [1.29, 1.82) is 0 Å². The number of carbonyl (C=O) groups excluding carboxylic acids is 1. The molecule has 4 rings (SSSR count). The number of para-hydroxylation sites is 1. The van der Waals surface area contributed by atoms with Gasteiger partial charge in [-0.05, 0) is 32.4 Å². The summed E-state index contributed by atoms with van der Waals surface area (Å²) in [6, 6.07) is 17.0. The molecule has 1 fully saturated rings. The monoisotopic (exact) mass is 408 g/mol. The number of morpholine rings is 1. The van der Waals surface area contributed by atoms with Gasteiger partial charge >= 0.3 is 0 Å². The van der Waals surface area contributed by atoms with Crippen LogP contribution in [0.4, 0.5) is 0 Å². The summed E-state index contributed by atoms with van der Waals surface area (Å²) in [4.78, 5) is 16.1. The van der Waals surface area contributed by atoms with Crippen molar-refractivity contribution in [1.82, 2.24) is 9.47 Å². The van der Waals surface area contributed by atoms with E-state index in [-0.39, 0.29) is 18.1 Å². The molecule has 152 valence electrons. The number of nitrogens with zero attached hydrogens (tertiary/aromatic N) is 2. The number of thioether (sulfide) groups is 1. The number of benzene rings is 2. The summed E-state index contributed by atoms with van der Waals surface area (Å²) in [5, 5.41) is 1.21. The van der Waals surface area contributed by atoms with E-state index in [1.165, 1.54) is 21.4 Å². The predicted octanol–water partition coefficient (Wildman–Crippen LogP) is 4.88. The lowest BCUT2D eigenvalue weighted by Crippen LogP contribution is -2.49. The smallest absolute Gasteiger partial charge is 0.242 e. The highest BCUT2D eigenvalue weighted by Crippen LogP contribution is 2.32. The molecular formula is C24H28N2O2S. The summed E-state index contributed by atoms with van der Waals surface area (Å²) in [5.74, 6) is 1.07. The summed E-state index contributed by atoms with van der Waals surface area (Å²) >= 11 is 1.83. The molecule has 0 aliphatic carbocycles. The van der Waals surface area contributed by atoms with E-state index < -0.39 is 0 Å². The van der Waals surface area contributed by atoms with Crippen molar-refractivity contribution in [2.24, 2.45) is 0 Å². The lowest BCUT2D eigenvalue weighted by Gasteiger charge is -2.35. The number of aryl methyl sites for hydroxylation is 1. The van der Waals surface area contributed by atoms with Gasteiger partial charge in [0.15, 0.2) is 0 Å². The van der Waals surface area contributed by atoms with E-state index in [0.717, 1.165) is 11.3 Å². The maximum absolute atomic E-state index is 13.0. The molecule has 1 aromatic heterocycles. The van der Waals surface area contributed by atoms with Gasteiger partial charge in [-0.15, -0.1) is 11.8 Å². The second kappa shape index (κ2) is 8.64. The Labute approximate surface area is 176 Å². The molecular weight excluding hydrogens is 380 g/mol. The number of hydrogen-bond donors (Lipinski definition) is 0. The Morgan fingerprint density at radius 1 is 1.10 bits per heavy atom. The zero-order chi connectivity index (χ0) is 20.4. The van der Waals surface area contributed by atoms with Gasteiger partial charge < -0.3 is 14.2 Å². The molecule has 0 spiro atoms. The fourth-order valence-corrected chi connectivity index (χ4v) is 5.08. The van der Waals surface area contributed by atoms with Gasteiger partial charge in [-0.1, -0.05) is 48.0 Å². The molecule has 2 atom stereocenters. The number of carbonyl (C=O) groups is 1. The Morgan fingerprint density at radius 2 is 1.86 bits per heavy atom. The third kappa shape index (κ3) is 4.68.